The van der Waals surface area contributed by atoms with Gasteiger partial charge in [-0.3, -0.25) is 4.72 Å². The molecule has 0 bridgehead atoms. The summed E-state index contributed by atoms with van der Waals surface area (Å²) in [5.41, 5.74) is 3.00. The standard InChI is InChI=1S/C25H26F2IN7O2S/c1-38(36,37)34-17-5-7-21(28)18(10-17)23-32-22-13-31-25(30-12-15-4-6-19(26)20(27)9-15)33-24(22)35(23)14-16-3-2-8-29-11-16/h4-7,9-10,13,16,29,34H,2-3,8,11-12,14H2,1H3,(H,30,31,33)/t16-/m1/s1. The third kappa shape index (κ3) is 6.21. The molecule has 200 valence electrons. The largest absolute Gasteiger partial charge is 0.350 e. The van der Waals surface area contributed by atoms with Crippen molar-refractivity contribution in [2.45, 2.75) is 25.9 Å². The highest BCUT2D eigenvalue weighted by Crippen LogP contribution is 2.32. The van der Waals surface area contributed by atoms with Crippen molar-refractivity contribution >= 4 is 55.4 Å². The number of sulfonamides is 1. The smallest absolute Gasteiger partial charge is 0.229 e. The van der Waals surface area contributed by atoms with Gasteiger partial charge in [-0.25, -0.2) is 27.2 Å². The van der Waals surface area contributed by atoms with Gasteiger partial charge < -0.3 is 15.2 Å². The lowest BCUT2D eigenvalue weighted by molar-refractivity contribution is 0.341. The van der Waals surface area contributed by atoms with E-state index in [1.807, 2.05) is 6.07 Å². The maximum atomic E-state index is 13.6. The maximum Gasteiger partial charge on any atom is 0.229 e. The lowest BCUT2D eigenvalue weighted by Crippen LogP contribution is -2.32. The molecule has 3 N–H and O–H groups in total. The zero-order valence-electron chi connectivity index (χ0n) is 20.5. The van der Waals surface area contributed by atoms with Crippen LogP contribution in [0.15, 0.2) is 42.6 Å². The summed E-state index contributed by atoms with van der Waals surface area (Å²) in [4.78, 5) is 13.9. The van der Waals surface area contributed by atoms with Crippen LogP contribution in [0, 0.1) is 21.1 Å². The molecule has 0 amide bonds. The summed E-state index contributed by atoms with van der Waals surface area (Å²) in [5, 5.41) is 6.53. The second kappa shape index (κ2) is 11.1. The Morgan fingerprint density at radius 2 is 2.00 bits per heavy atom. The molecule has 38 heavy (non-hydrogen) atoms. The highest BCUT2D eigenvalue weighted by Gasteiger charge is 2.22. The lowest BCUT2D eigenvalue weighted by Gasteiger charge is -2.24. The maximum absolute atomic E-state index is 13.6. The van der Waals surface area contributed by atoms with Crippen molar-refractivity contribution in [1.82, 2.24) is 24.8 Å². The number of piperidine rings is 1. The summed E-state index contributed by atoms with van der Waals surface area (Å²) >= 11 is 2.21. The lowest BCUT2D eigenvalue weighted by atomic mass is 9.99. The molecule has 1 atom stereocenters. The van der Waals surface area contributed by atoms with Gasteiger partial charge in [0.1, 0.15) is 11.3 Å². The Bertz CT molecular complexity index is 1590. The number of hydrogen-bond acceptors (Lipinski definition) is 7. The van der Waals surface area contributed by atoms with E-state index in [2.05, 4.69) is 47.5 Å². The summed E-state index contributed by atoms with van der Waals surface area (Å²) in [6.07, 6.45) is 4.88. The number of anilines is 2. The van der Waals surface area contributed by atoms with Crippen LogP contribution >= 0.6 is 22.6 Å². The Hall–Kier alpha value is -2.91. The highest BCUT2D eigenvalue weighted by molar-refractivity contribution is 14.1. The number of hydrogen-bond donors (Lipinski definition) is 3. The molecule has 1 saturated heterocycles. The van der Waals surface area contributed by atoms with E-state index in [0.717, 1.165) is 53.5 Å². The van der Waals surface area contributed by atoms with Gasteiger partial charge in [0, 0.05) is 27.9 Å². The molecule has 0 radical (unpaired) electrons. The topological polar surface area (TPSA) is 114 Å². The van der Waals surface area contributed by atoms with Crippen LogP contribution in [0.25, 0.3) is 22.6 Å². The molecule has 0 aliphatic carbocycles. The average molecular weight is 653 g/mol. The molecular formula is C25H26F2IN7O2S. The fourth-order valence-corrected chi connectivity index (χ4v) is 5.66. The Balaban J connectivity index is 1.53. The first-order chi connectivity index (χ1) is 18.2. The first kappa shape index (κ1) is 26.7. The first-order valence-corrected chi connectivity index (χ1v) is 15.0. The summed E-state index contributed by atoms with van der Waals surface area (Å²) in [6.45, 7) is 2.75. The van der Waals surface area contributed by atoms with E-state index in [-0.39, 0.29) is 6.54 Å². The van der Waals surface area contributed by atoms with E-state index in [1.165, 1.54) is 6.07 Å². The van der Waals surface area contributed by atoms with Gasteiger partial charge >= 0.3 is 0 Å². The van der Waals surface area contributed by atoms with E-state index in [0.29, 0.717) is 46.7 Å². The molecule has 0 spiro atoms. The number of aromatic nitrogens is 4. The number of imidazole rings is 1. The van der Waals surface area contributed by atoms with Crippen molar-refractivity contribution in [1.29, 1.82) is 0 Å². The number of benzene rings is 2. The zero-order chi connectivity index (χ0) is 26.9. The monoisotopic (exact) mass is 653 g/mol. The quantitative estimate of drug-likeness (QED) is 0.243. The van der Waals surface area contributed by atoms with Crippen LogP contribution in [0.1, 0.15) is 18.4 Å². The Morgan fingerprint density at radius 1 is 1.16 bits per heavy atom. The molecule has 9 nitrogen and oxygen atoms in total. The van der Waals surface area contributed by atoms with E-state index in [1.54, 1.807) is 18.3 Å². The molecule has 1 fully saturated rings. The predicted octanol–water partition coefficient (Wildman–Crippen LogP) is 4.36. The van der Waals surface area contributed by atoms with Gasteiger partial charge in [0.25, 0.3) is 0 Å². The van der Waals surface area contributed by atoms with Crippen LogP contribution in [-0.4, -0.2) is 47.3 Å². The van der Waals surface area contributed by atoms with Crippen molar-refractivity contribution in [2.75, 3.05) is 29.4 Å². The molecule has 1 aliphatic rings. The molecule has 2 aromatic carbocycles. The van der Waals surface area contributed by atoms with Crippen LogP contribution < -0.4 is 15.4 Å². The third-order valence-electron chi connectivity index (χ3n) is 6.27. The van der Waals surface area contributed by atoms with E-state index >= 15 is 0 Å². The summed E-state index contributed by atoms with van der Waals surface area (Å²) in [6, 6.07) is 9.06. The average Bonchev–Trinajstić information content (AvgIpc) is 3.23. The molecule has 0 unspecified atom stereocenters. The minimum atomic E-state index is -3.45. The second-order valence-electron chi connectivity index (χ2n) is 9.33. The van der Waals surface area contributed by atoms with Crippen LogP contribution in [0.2, 0.25) is 0 Å². The Labute approximate surface area is 232 Å². The number of nitrogens with zero attached hydrogens (tertiary/aromatic N) is 4. The zero-order valence-corrected chi connectivity index (χ0v) is 23.5. The van der Waals surface area contributed by atoms with Crippen LogP contribution in [0.5, 0.6) is 0 Å². The van der Waals surface area contributed by atoms with Crippen molar-refractivity contribution < 1.29 is 17.2 Å². The molecule has 5 rings (SSSR count). The molecule has 1 aliphatic heterocycles. The van der Waals surface area contributed by atoms with Crippen molar-refractivity contribution in [2.24, 2.45) is 5.92 Å². The van der Waals surface area contributed by atoms with Gasteiger partial charge in [-0.2, -0.15) is 4.98 Å². The number of fused-ring (bicyclic) bond motifs is 1. The molecular weight excluding hydrogens is 627 g/mol. The second-order valence-corrected chi connectivity index (χ2v) is 12.2. The van der Waals surface area contributed by atoms with Crippen molar-refractivity contribution in [3.63, 3.8) is 0 Å². The van der Waals surface area contributed by atoms with Gasteiger partial charge in [-0.15, -0.1) is 0 Å². The predicted molar refractivity (Wildman–Crippen MR) is 151 cm³/mol. The first-order valence-electron chi connectivity index (χ1n) is 12.1. The van der Waals surface area contributed by atoms with E-state index in [9.17, 15) is 17.2 Å². The van der Waals surface area contributed by atoms with E-state index < -0.39 is 21.7 Å². The van der Waals surface area contributed by atoms with Crippen LogP contribution in [0.4, 0.5) is 20.4 Å². The SMILES string of the molecule is CS(=O)(=O)Nc1ccc(I)c(-c2nc3cnc(NCc4ccc(F)c(F)c4)nc3n2C[C@@H]2CCCNC2)c1. The molecule has 3 heterocycles. The molecule has 0 saturated carbocycles. The van der Waals surface area contributed by atoms with E-state index in [4.69, 9.17) is 9.97 Å². The Kier molecular flexibility index (Phi) is 7.77. The van der Waals surface area contributed by atoms with Gasteiger partial charge in [-0.05, 0) is 90.3 Å². The van der Waals surface area contributed by atoms with Gasteiger partial charge in [0.2, 0.25) is 16.0 Å². The van der Waals surface area contributed by atoms with Crippen LogP contribution in [0.3, 0.4) is 0 Å². The highest BCUT2D eigenvalue weighted by atomic mass is 127. The van der Waals surface area contributed by atoms with Crippen molar-refractivity contribution in [3.8, 4) is 11.4 Å². The number of rotatable bonds is 8. The summed E-state index contributed by atoms with van der Waals surface area (Å²) in [5.74, 6) is -0.446. The third-order valence-corrected chi connectivity index (χ3v) is 7.82. The fraction of sp³-hybridized carbons (Fsp3) is 0.320. The van der Waals surface area contributed by atoms with Gasteiger partial charge in [0.15, 0.2) is 17.3 Å². The molecule has 4 aromatic rings. The summed E-state index contributed by atoms with van der Waals surface area (Å²) in [7, 11) is -3.45. The molecule has 13 heteroatoms. The molecule has 2 aromatic heterocycles. The van der Waals surface area contributed by atoms with Crippen molar-refractivity contribution in [3.05, 3.63) is 63.4 Å². The Morgan fingerprint density at radius 3 is 2.74 bits per heavy atom. The number of halogens is 3. The normalized spacial score (nSPS) is 16.1. The number of nitrogens with one attached hydrogen (secondary N) is 3. The minimum Gasteiger partial charge on any atom is -0.350 e. The fourth-order valence-electron chi connectivity index (χ4n) is 4.53. The summed E-state index contributed by atoms with van der Waals surface area (Å²) < 4.78 is 56.1. The minimum absolute atomic E-state index is 0.216. The van der Waals surface area contributed by atoms with Crippen LogP contribution in [-0.2, 0) is 23.1 Å². The van der Waals surface area contributed by atoms with Gasteiger partial charge in [0.05, 0.1) is 12.5 Å². The van der Waals surface area contributed by atoms with Gasteiger partial charge in [-0.1, -0.05) is 6.07 Å².